The minimum atomic E-state index is -0.0902. The van der Waals surface area contributed by atoms with Crippen LogP contribution in [0.4, 0.5) is 0 Å². The summed E-state index contributed by atoms with van der Waals surface area (Å²) in [6.45, 7) is 0. The Hall–Kier alpha value is -1.81. The Kier molecular flexibility index (Phi) is 2.60. The van der Waals surface area contributed by atoms with Crippen molar-refractivity contribution in [3.8, 4) is 6.07 Å². The van der Waals surface area contributed by atoms with Crippen molar-refractivity contribution in [2.24, 2.45) is 17.3 Å². The van der Waals surface area contributed by atoms with Gasteiger partial charge in [0, 0.05) is 0 Å². The minimum absolute atomic E-state index is 0.0902. The molecule has 2 fully saturated rings. The van der Waals surface area contributed by atoms with Crippen LogP contribution in [0.15, 0.2) is 42.5 Å². The molecule has 1 heteroatoms. The third-order valence-corrected chi connectivity index (χ3v) is 5.58. The van der Waals surface area contributed by atoms with Crippen molar-refractivity contribution in [3.05, 3.63) is 48.0 Å². The molecule has 2 bridgehead atoms. The SMILES string of the molecule is N#CC1(Cc2cccc3ccccc23)CC2CCC1C2. The molecule has 0 radical (unpaired) electrons. The molecule has 0 N–H and O–H groups in total. The van der Waals surface area contributed by atoms with E-state index in [-0.39, 0.29) is 5.41 Å². The van der Waals surface area contributed by atoms with Crippen LogP contribution in [0.2, 0.25) is 0 Å². The van der Waals surface area contributed by atoms with Crippen molar-refractivity contribution in [2.75, 3.05) is 0 Å². The van der Waals surface area contributed by atoms with Crippen LogP contribution in [0.3, 0.4) is 0 Å². The van der Waals surface area contributed by atoms with Crippen molar-refractivity contribution in [1.29, 1.82) is 5.26 Å². The maximum absolute atomic E-state index is 9.82. The molecule has 4 rings (SSSR count). The summed E-state index contributed by atoms with van der Waals surface area (Å²) in [4.78, 5) is 0. The van der Waals surface area contributed by atoms with E-state index in [1.165, 1.54) is 35.6 Å². The summed E-state index contributed by atoms with van der Waals surface area (Å²) in [7, 11) is 0. The number of hydrogen-bond acceptors (Lipinski definition) is 1. The first-order valence-corrected chi connectivity index (χ1v) is 7.69. The van der Waals surface area contributed by atoms with Gasteiger partial charge >= 0.3 is 0 Å². The van der Waals surface area contributed by atoms with Gasteiger partial charge in [0.05, 0.1) is 11.5 Å². The average molecular weight is 261 g/mol. The van der Waals surface area contributed by atoms with E-state index in [0.717, 1.165) is 18.8 Å². The molecule has 0 heterocycles. The molecule has 0 saturated heterocycles. The van der Waals surface area contributed by atoms with Crippen LogP contribution in [0.1, 0.15) is 31.2 Å². The number of benzene rings is 2. The molecule has 2 aromatic carbocycles. The Morgan fingerprint density at radius 3 is 2.70 bits per heavy atom. The molecule has 0 spiro atoms. The van der Waals surface area contributed by atoms with Crippen molar-refractivity contribution in [1.82, 2.24) is 0 Å². The van der Waals surface area contributed by atoms with Gasteiger partial charge in [0.1, 0.15) is 0 Å². The molecular weight excluding hydrogens is 242 g/mol. The van der Waals surface area contributed by atoms with Gasteiger partial charge in [-0.3, -0.25) is 0 Å². The van der Waals surface area contributed by atoms with Gasteiger partial charge < -0.3 is 0 Å². The Morgan fingerprint density at radius 2 is 1.95 bits per heavy atom. The second-order valence-corrected chi connectivity index (χ2v) is 6.66. The molecule has 0 aliphatic heterocycles. The standard InChI is InChI=1S/C19H19N/c20-13-19(11-14-8-9-17(19)10-14)12-16-6-3-5-15-4-1-2-7-18(15)16/h1-7,14,17H,8-12H2. The monoisotopic (exact) mass is 261 g/mol. The molecule has 20 heavy (non-hydrogen) atoms. The van der Waals surface area contributed by atoms with Crippen LogP contribution in [-0.2, 0) is 6.42 Å². The van der Waals surface area contributed by atoms with Gasteiger partial charge in [0.15, 0.2) is 0 Å². The first kappa shape index (κ1) is 12.0. The summed E-state index contributed by atoms with van der Waals surface area (Å²) in [5.41, 5.74) is 1.27. The fourth-order valence-electron chi connectivity index (χ4n) is 4.62. The van der Waals surface area contributed by atoms with Crippen LogP contribution >= 0.6 is 0 Å². The summed E-state index contributed by atoms with van der Waals surface area (Å²) in [5.74, 6) is 1.45. The molecule has 3 atom stereocenters. The maximum Gasteiger partial charge on any atom is 0.0696 e. The van der Waals surface area contributed by atoms with Crippen LogP contribution in [-0.4, -0.2) is 0 Å². The molecule has 1 nitrogen and oxygen atoms in total. The highest BCUT2D eigenvalue weighted by Crippen LogP contribution is 2.57. The maximum atomic E-state index is 9.82. The molecule has 0 amide bonds. The second-order valence-electron chi connectivity index (χ2n) is 6.66. The quantitative estimate of drug-likeness (QED) is 0.768. The molecular formula is C19H19N. The Bertz CT molecular complexity index is 691. The fourth-order valence-corrected chi connectivity index (χ4v) is 4.62. The first-order chi connectivity index (χ1) is 9.81. The normalized spacial score (nSPS) is 31.6. The first-order valence-electron chi connectivity index (χ1n) is 7.69. The van der Waals surface area contributed by atoms with Crippen LogP contribution in [0.5, 0.6) is 0 Å². The molecule has 2 aliphatic rings. The summed E-state index contributed by atoms with van der Waals surface area (Å²) in [6, 6.07) is 17.8. The second kappa shape index (κ2) is 4.35. The van der Waals surface area contributed by atoms with Gasteiger partial charge in [-0.25, -0.2) is 0 Å². The fraction of sp³-hybridized carbons (Fsp3) is 0.421. The Morgan fingerprint density at radius 1 is 1.10 bits per heavy atom. The lowest BCUT2D eigenvalue weighted by atomic mass is 9.70. The van der Waals surface area contributed by atoms with Crippen LogP contribution < -0.4 is 0 Å². The van der Waals surface area contributed by atoms with Gasteiger partial charge in [-0.2, -0.15) is 5.26 Å². The number of nitrogens with zero attached hydrogens (tertiary/aromatic N) is 1. The topological polar surface area (TPSA) is 23.8 Å². The molecule has 3 unspecified atom stereocenters. The number of fused-ring (bicyclic) bond motifs is 3. The minimum Gasteiger partial charge on any atom is -0.198 e. The van der Waals surface area contributed by atoms with Crippen molar-refractivity contribution in [3.63, 3.8) is 0 Å². The third kappa shape index (κ3) is 1.68. The van der Waals surface area contributed by atoms with Gasteiger partial charge in [0.2, 0.25) is 0 Å². The number of hydrogen-bond donors (Lipinski definition) is 0. The van der Waals surface area contributed by atoms with Crippen molar-refractivity contribution in [2.45, 2.75) is 32.1 Å². The van der Waals surface area contributed by atoms with E-state index in [0.29, 0.717) is 5.92 Å². The molecule has 2 saturated carbocycles. The van der Waals surface area contributed by atoms with Gasteiger partial charge in [-0.1, -0.05) is 48.9 Å². The lowest BCUT2D eigenvalue weighted by Gasteiger charge is -2.31. The van der Waals surface area contributed by atoms with Gasteiger partial charge in [0.25, 0.3) is 0 Å². The number of nitriles is 1. The Balaban J connectivity index is 1.76. The highest BCUT2D eigenvalue weighted by atomic mass is 14.6. The predicted octanol–water partition coefficient (Wildman–Crippen LogP) is 4.71. The molecule has 100 valence electrons. The van der Waals surface area contributed by atoms with Crippen LogP contribution in [0.25, 0.3) is 10.8 Å². The highest BCUT2D eigenvalue weighted by Gasteiger charge is 2.51. The van der Waals surface area contributed by atoms with E-state index in [1.807, 2.05) is 0 Å². The molecule has 0 aromatic heterocycles. The largest absolute Gasteiger partial charge is 0.198 e. The third-order valence-electron chi connectivity index (χ3n) is 5.58. The van der Waals surface area contributed by atoms with E-state index in [4.69, 9.17) is 0 Å². The van der Waals surface area contributed by atoms with E-state index in [1.54, 1.807) is 0 Å². The van der Waals surface area contributed by atoms with Gasteiger partial charge in [-0.05, 0) is 53.9 Å². The summed E-state index contributed by atoms with van der Waals surface area (Å²) in [6.07, 6.45) is 5.97. The van der Waals surface area contributed by atoms with E-state index in [2.05, 4.69) is 48.5 Å². The zero-order chi connectivity index (χ0) is 13.6. The number of rotatable bonds is 2. The smallest absolute Gasteiger partial charge is 0.0696 e. The zero-order valence-corrected chi connectivity index (χ0v) is 11.7. The zero-order valence-electron chi connectivity index (χ0n) is 11.7. The summed E-state index contributed by atoms with van der Waals surface area (Å²) >= 11 is 0. The van der Waals surface area contributed by atoms with Crippen molar-refractivity contribution >= 4 is 10.8 Å². The van der Waals surface area contributed by atoms with Crippen LogP contribution in [0, 0.1) is 28.6 Å². The average Bonchev–Trinajstić information content (AvgIpc) is 3.09. The lowest BCUT2D eigenvalue weighted by Crippen LogP contribution is -2.28. The highest BCUT2D eigenvalue weighted by molar-refractivity contribution is 5.85. The summed E-state index contributed by atoms with van der Waals surface area (Å²) < 4.78 is 0. The molecule has 2 aromatic rings. The lowest BCUT2D eigenvalue weighted by molar-refractivity contribution is 0.240. The van der Waals surface area contributed by atoms with Crippen molar-refractivity contribution < 1.29 is 0 Å². The molecule has 2 aliphatic carbocycles. The Labute approximate surface area is 120 Å². The van der Waals surface area contributed by atoms with Gasteiger partial charge in [-0.15, -0.1) is 0 Å². The van der Waals surface area contributed by atoms with E-state index >= 15 is 0 Å². The predicted molar refractivity (Wildman–Crippen MR) is 81.1 cm³/mol. The van der Waals surface area contributed by atoms with E-state index < -0.39 is 0 Å². The summed E-state index contributed by atoms with van der Waals surface area (Å²) in [5, 5.41) is 12.4. The van der Waals surface area contributed by atoms with E-state index in [9.17, 15) is 5.26 Å².